The van der Waals surface area contributed by atoms with Crippen LogP contribution in [-0.4, -0.2) is 26.7 Å². The molecule has 1 N–H and O–H groups in total. The lowest BCUT2D eigenvalue weighted by molar-refractivity contribution is 0.233. The highest BCUT2D eigenvalue weighted by atomic mass is 16.2. The van der Waals surface area contributed by atoms with Gasteiger partial charge in [0.25, 0.3) is 0 Å². The number of urea groups is 1. The third-order valence-electron chi connectivity index (χ3n) is 2.18. The van der Waals surface area contributed by atoms with E-state index in [4.69, 9.17) is 0 Å². The van der Waals surface area contributed by atoms with Crippen LogP contribution in [0.15, 0.2) is 30.3 Å². The first-order valence-electron chi connectivity index (χ1n) is 4.99. The smallest absolute Gasteiger partial charge is 0.321 e. The summed E-state index contributed by atoms with van der Waals surface area (Å²) in [4.78, 5) is 12.9. The van der Waals surface area contributed by atoms with E-state index in [1.165, 1.54) is 4.90 Å². The van der Waals surface area contributed by atoms with Gasteiger partial charge < -0.3 is 5.32 Å². The zero-order valence-corrected chi connectivity index (χ0v) is 9.43. The highest BCUT2D eigenvalue weighted by molar-refractivity contribution is 5.91. The molecule has 0 aliphatic carbocycles. The Balaban J connectivity index is 2.89. The third-order valence-corrected chi connectivity index (χ3v) is 2.18. The van der Waals surface area contributed by atoms with Gasteiger partial charge in [0.1, 0.15) is 6.61 Å². The van der Waals surface area contributed by atoms with Crippen LogP contribution in [0.3, 0.4) is 0 Å². The number of rotatable bonds is 3. The normalized spacial score (nSPS) is 10.4. The van der Waals surface area contributed by atoms with E-state index in [1.54, 1.807) is 26.2 Å². The van der Waals surface area contributed by atoms with E-state index >= 15 is 0 Å². The molecule has 0 heterocycles. The lowest BCUT2D eigenvalue weighted by atomic mass is 10.2. The number of benzene rings is 1. The SMILES string of the molecule is CNC(=O)N(C)c1cccc(/C=C/C[O])c1. The van der Waals surface area contributed by atoms with E-state index < -0.39 is 0 Å². The largest absolute Gasteiger partial charge is 0.341 e. The van der Waals surface area contributed by atoms with Crippen molar-refractivity contribution in [1.82, 2.24) is 5.32 Å². The van der Waals surface area contributed by atoms with E-state index in [2.05, 4.69) is 5.32 Å². The number of anilines is 1. The summed E-state index contributed by atoms with van der Waals surface area (Å²) >= 11 is 0. The molecule has 85 valence electrons. The molecule has 0 aromatic heterocycles. The van der Waals surface area contributed by atoms with Crippen molar-refractivity contribution in [3.63, 3.8) is 0 Å². The maximum absolute atomic E-state index is 11.4. The Kier molecular flexibility index (Phi) is 4.54. The fraction of sp³-hybridized carbons (Fsp3) is 0.250. The second-order valence-electron chi connectivity index (χ2n) is 3.28. The summed E-state index contributed by atoms with van der Waals surface area (Å²) in [6.45, 7) is -0.241. The molecular formula is C12H15N2O2. The number of hydrogen-bond donors (Lipinski definition) is 1. The van der Waals surface area contributed by atoms with Crippen LogP contribution < -0.4 is 10.2 Å². The number of hydrogen-bond acceptors (Lipinski definition) is 1. The second kappa shape index (κ2) is 5.92. The number of carbonyl (C=O) groups is 1. The van der Waals surface area contributed by atoms with Gasteiger partial charge in [0.15, 0.2) is 0 Å². The molecule has 4 nitrogen and oxygen atoms in total. The van der Waals surface area contributed by atoms with Crippen molar-refractivity contribution in [2.24, 2.45) is 0 Å². The molecule has 16 heavy (non-hydrogen) atoms. The topological polar surface area (TPSA) is 52.2 Å². The van der Waals surface area contributed by atoms with Crippen LogP contribution in [0.2, 0.25) is 0 Å². The van der Waals surface area contributed by atoms with Gasteiger partial charge in [-0.2, -0.15) is 0 Å². The fourth-order valence-electron chi connectivity index (χ4n) is 1.31. The molecule has 1 aromatic rings. The van der Waals surface area contributed by atoms with E-state index in [1.807, 2.05) is 24.3 Å². The minimum absolute atomic E-state index is 0.176. The highest BCUT2D eigenvalue weighted by Crippen LogP contribution is 2.15. The molecule has 4 heteroatoms. The van der Waals surface area contributed by atoms with Gasteiger partial charge in [-0.25, -0.2) is 9.90 Å². The first-order valence-corrected chi connectivity index (χ1v) is 4.99. The van der Waals surface area contributed by atoms with E-state index in [-0.39, 0.29) is 12.6 Å². The minimum atomic E-state index is -0.241. The van der Waals surface area contributed by atoms with Crippen molar-refractivity contribution in [1.29, 1.82) is 0 Å². The highest BCUT2D eigenvalue weighted by Gasteiger charge is 2.07. The Morgan fingerprint density at radius 1 is 1.50 bits per heavy atom. The molecule has 0 fully saturated rings. The van der Waals surface area contributed by atoms with Crippen molar-refractivity contribution in [3.8, 4) is 0 Å². The Labute approximate surface area is 95.2 Å². The van der Waals surface area contributed by atoms with E-state index in [0.29, 0.717) is 0 Å². The molecular weight excluding hydrogens is 204 g/mol. The maximum atomic E-state index is 11.4. The average molecular weight is 219 g/mol. The van der Waals surface area contributed by atoms with Crippen LogP contribution in [0.4, 0.5) is 10.5 Å². The summed E-state index contributed by atoms with van der Waals surface area (Å²) in [5, 5.41) is 12.9. The summed E-state index contributed by atoms with van der Waals surface area (Å²) in [6.07, 6.45) is 3.28. The van der Waals surface area contributed by atoms with Crippen molar-refractivity contribution in [2.75, 3.05) is 25.6 Å². The van der Waals surface area contributed by atoms with Crippen LogP contribution in [-0.2, 0) is 5.11 Å². The predicted octanol–water partition coefficient (Wildman–Crippen LogP) is 1.91. The maximum Gasteiger partial charge on any atom is 0.321 e. The summed E-state index contributed by atoms with van der Waals surface area (Å²) in [5.41, 5.74) is 1.69. The summed E-state index contributed by atoms with van der Waals surface area (Å²) in [6, 6.07) is 7.24. The van der Waals surface area contributed by atoms with Crippen molar-refractivity contribution < 1.29 is 9.90 Å². The van der Waals surface area contributed by atoms with Crippen LogP contribution in [0.25, 0.3) is 6.08 Å². The Morgan fingerprint density at radius 2 is 2.25 bits per heavy atom. The lowest BCUT2D eigenvalue weighted by Crippen LogP contribution is -2.34. The monoisotopic (exact) mass is 219 g/mol. The molecule has 1 aromatic carbocycles. The van der Waals surface area contributed by atoms with Gasteiger partial charge in [-0.15, -0.1) is 0 Å². The molecule has 2 amide bonds. The summed E-state index contributed by atoms with van der Waals surface area (Å²) < 4.78 is 0. The second-order valence-corrected chi connectivity index (χ2v) is 3.28. The van der Waals surface area contributed by atoms with Gasteiger partial charge in [-0.05, 0) is 17.7 Å². The summed E-state index contributed by atoms with van der Waals surface area (Å²) in [5.74, 6) is 0. The van der Waals surface area contributed by atoms with E-state index in [0.717, 1.165) is 11.3 Å². The first-order chi connectivity index (χ1) is 7.69. The molecule has 0 aliphatic heterocycles. The number of amides is 2. The Hall–Kier alpha value is -1.81. The predicted molar refractivity (Wildman–Crippen MR) is 63.9 cm³/mol. The fourth-order valence-corrected chi connectivity index (χ4v) is 1.31. The van der Waals surface area contributed by atoms with Gasteiger partial charge in [0.05, 0.1) is 0 Å². The molecule has 0 aliphatic rings. The molecule has 0 saturated heterocycles. The average Bonchev–Trinajstić information content (AvgIpc) is 2.34. The van der Waals surface area contributed by atoms with Crippen molar-refractivity contribution in [2.45, 2.75) is 0 Å². The van der Waals surface area contributed by atoms with Gasteiger partial charge in [0, 0.05) is 19.8 Å². The zero-order chi connectivity index (χ0) is 12.0. The molecule has 1 rings (SSSR count). The molecule has 0 bridgehead atoms. The van der Waals surface area contributed by atoms with Gasteiger partial charge in [0.2, 0.25) is 0 Å². The Morgan fingerprint density at radius 3 is 2.88 bits per heavy atom. The third kappa shape index (κ3) is 3.10. The Bertz CT molecular complexity index is 388. The van der Waals surface area contributed by atoms with Crippen molar-refractivity contribution >= 4 is 17.8 Å². The van der Waals surface area contributed by atoms with Gasteiger partial charge >= 0.3 is 6.03 Å². The molecule has 0 unspecified atom stereocenters. The molecule has 0 spiro atoms. The van der Waals surface area contributed by atoms with Crippen molar-refractivity contribution in [3.05, 3.63) is 35.9 Å². The van der Waals surface area contributed by atoms with Crippen LogP contribution in [0.5, 0.6) is 0 Å². The summed E-state index contributed by atoms with van der Waals surface area (Å²) in [7, 11) is 3.27. The lowest BCUT2D eigenvalue weighted by Gasteiger charge is -2.16. The van der Waals surface area contributed by atoms with E-state index in [9.17, 15) is 9.90 Å². The van der Waals surface area contributed by atoms with Gasteiger partial charge in [-0.3, -0.25) is 4.90 Å². The quantitative estimate of drug-likeness (QED) is 0.829. The van der Waals surface area contributed by atoms with Crippen LogP contribution >= 0.6 is 0 Å². The minimum Gasteiger partial charge on any atom is -0.341 e. The number of nitrogens with zero attached hydrogens (tertiary/aromatic N) is 1. The molecule has 0 saturated carbocycles. The molecule has 1 radical (unpaired) electrons. The first kappa shape index (κ1) is 12.3. The standard InChI is InChI=1S/C12H15N2O2/c1-13-12(16)14(2)11-7-3-5-10(9-11)6-4-8-15/h3-7,9H,8H2,1-2H3,(H,13,16)/b6-4+. The molecule has 0 atom stereocenters. The number of nitrogens with one attached hydrogen (secondary N) is 1. The van der Waals surface area contributed by atoms with Crippen LogP contribution in [0, 0.1) is 0 Å². The van der Waals surface area contributed by atoms with Gasteiger partial charge in [-0.1, -0.05) is 24.3 Å². The number of carbonyl (C=O) groups excluding carboxylic acids is 1. The van der Waals surface area contributed by atoms with Crippen LogP contribution in [0.1, 0.15) is 5.56 Å². The zero-order valence-electron chi connectivity index (χ0n) is 9.43.